The number of nitrogens with zero attached hydrogens (tertiary/aromatic N) is 1. The lowest BCUT2D eigenvalue weighted by Crippen LogP contribution is -2.37. The molecule has 0 saturated carbocycles. The molecule has 1 N–H and O–H groups in total. The summed E-state index contributed by atoms with van der Waals surface area (Å²) in [6, 6.07) is 12.3. The molecule has 3 rings (SSSR count). The second kappa shape index (κ2) is 6.70. The topological polar surface area (TPSA) is 58.6 Å². The number of rotatable bonds is 4. The van der Waals surface area contributed by atoms with Crippen molar-refractivity contribution in [2.24, 2.45) is 0 Å². The lowest BCUT2D eigenvalue weighted by Gasteiger charge is -2.17. The van der Waals surface area contributed by atoms with Crippen molar-refractivity contribution < 1.29 is 18.7 Å². The highest BCUT2D eigenvalue weighted by Gasteiger charge is 2.31. The van der Waals surface area contributed by atoms with Crippen LogP contribution in [0.4, 0.5) is 10.1 Å². The predicted molar refractivity (Wildman–Crippen MR) is 87.6 cm³/mol. The summed E-state index contributed by atoms with van der Waals surface area (Å²) >= 11 is 0. The zero-order valence-corrected chi connectivity index (χ0v) is 13.2. The number of halogens is 1. The first-order valence-electron chi connectivity index (χ1n) is 7.57. The molecule has 124 valence electrons. The van der Waals surface area contributed by atoms with Crippen LogP contribution < -0.4 is 15.0 Å². The van der Waals surface area contributed by atoms with Crippen molar-refractivity contribution >= 4 is 17.5 Å². The van der Waals surface area contributed by atoms with Gasteiger partial charge in [0.05, 0.1) is 13.2 Å². The van der Waals surface area contributed by atoms with Gasteiger partial charge in [-0.15, -0.1) is 0 Å². The lowest BCUT2D eigenvalue weighted by molar-refractivity contribution is -0.117. The molecule has 2 aromatic carbocycles. The number of benzene rings is 2. The van der Waals surface area contributed by atoms with Gasteiger partial charge in [-0.2, -0.15) is 0 Å². The second-order valence-electron chi connectivity index (χ2n) is 5.59. The molecule has 0 aromatic heterocycles. The van der Waals surface area contributed by atoms with E-state index in [2.05, 4.69) is 5.32 Å². The number of anilines is 1. The van der Waals surface area contributed by atoms with Crippen molar-refractivity contribution in [2.45, 2.75) is 12.5 Å². The van der Waals surface area contributed by atoms with Crippen LogP contribution in [-0.4, -0.2) is 31.5 Å². The van der Waals surface area contributed by atoms with Gasteiger partial charge in [-0.05, 0) is 42.5 Å². The van der Waals surface area contributed by atoms with E-state index in [4.69, 9.17) is 4.74 Å². The van der Waals surface area contributed by atoms with Crippen LogP contribution in [0.3, 0.4) is 0 Å². The third kappa shape index (κ3) is 3.37. The molecule has 1 aliphatic rings. The molecule has 5 nitrogen and oxygen atoms in total. The van der Waals surface area contributed by atoms with Gasteiger partial charge >= 0.3 is 0 Å². The molecule has 1 saturated heterocycles. The van der Waals surface area contributed by atoms with Crippen molar-refractivity contribution in [3.8, 4) is 5.75 Å². The van der Waals surface area contributed by atoms with Crippen LogP contribution in [0.5, 0.6) is 5.75 Å². The van der Waals surface area contributed by atoms with Crippen LogP contribution in [0.15, 0.2) is 48.5 Å². The van der Waals surface area contributed by atoms with Crippen molar-refractivity contribution in [1.29, 1.82) is 0 Å². The zero-order chi connectivity index (χ0) is 17.1. The minimum atomic E-state index is -0.353. The highest BCUT2D eigenvalue weighted by Crippen LogP contribution is 2.22. The number of carbonyl (C=O) groups is 2. The number of amides is 2. The van der Waals surface area contributed by atoms with Crippen LogP contribution >= 0.6 is 0 Å². The van der Waals surface area contributed by atoms with Crippen LogP contribution in [0.1, 0.15) is 16.8 Å². The summed E-state index contributed by atoms with van der Waals surface area (Å²) in [4.78, 5) is 26.0. The highest BCUT2D eigenvalue weighted by atomic mass is 19.1. The van der Waals surface area contributed by atoms with E-state index in [0.717, 1.165) is 0 Å². The first-order valence-corrected chi connectivity index (χ1v) is 7.57. The molecule has 0 bridgehead atoms. The van der Waals surface area contributed by atoms with E-state index in [-0.39, 0.29) is 30.1 Å². The van der Waals surface area contributed by atoms with Gasteiger partial charge < -0.3 is 15.0 Å². The summed E-state index contributed by atoms with van der Waals surface area (Å²) in [5.41, 5.74) is 1.10. The van der Waals surface area contributed by atoms with Crippen LogP contribution in [-0.2, 0) is 4.79 Å². The van der Waals surface area contributed by atoms with Crippen LogP contribution in [0, 0.1) is 5.82 Å². The lowest BCUT2D eigenvalue weighted by atomic mass is 10.1. The van der Waals surface area contributed by atoms with Gasteiger partial charge in [0.1, 0.15) is 11.6 Å². The third-order valence-electron chi connectivity index (χ3n) is 3.93. The minimum Gasteiger partial charge on any atom is -0.497 e. The number of hydrogen-bond donors (Lipinski definition) is 1. The van der Waals surface area contributed by atoms with E-state index in [1.165, 1.54) is 19.2 Å². The number of carbonyl (C=O) groups excluding carboxylic acids is 2. The predicted octanol–water partition coefficient (Wildman–Crippen LogP) is 2.37. The maximum absolute atomic E-state index is 13.0. The number of ether oxygens (including phenoxy) is 1. The Balaban J connectivity index is 1.67. The molecule has 0 unspecified atom stereocenters. The van der Waals surface area contributed by atoms with E-state index < -0.39 is 0 Å². The maximum Gasteiger partial charge on any atom is 0.251 e. The summed E-state index contributed by atoms with van der Waals surface area (Å²) in [6.45, 7) is 0.361. The number of methoxy groups -OCH3 is 1. The fourth-order valence-electron chi connectivity index (χ4n) is 2.71. The SMILES string of the molecule is COc1cccc(C(=O)N[C@@H]2CC(=O)N(c3ccc(F)cc3)C2)c1. The van der Waals surface area contributed by atoms with Gasteiger partial charge in [0, 0.05) is 24.2 Å². The molecule has 24 heavy (non-hydrogen) atoms. The smallest absolute Gasteiger partial charge is 0.251 e. The van der Waals surface area contributed by atoms with Crippen LogP contribution in [0.25, 0.3) is 0 Å². The molecule has 1 fully saturated rings. The molecule has 2 aromatic rings. The Morgan fingerprint density at radius 3 is 2.71 bits per heavy atom. The third-order valence-corrected chi connectivity index (χ3v) is 3.93. The van der Waals surface area contributed by atoms with Gasteiger partial charge in [0.2, 0.25) is 5.91 Å². The normalized spacial score (nSPS) is 17.0. The Morgan fingerprint density at radius 2 is 2.00 bits per heavy atom. The summed E-state index contributed by atoms with van der Waals surface area (Å²) < 4.78 is 18.1. The minimum absolute atomic E-state index is 0.0995. The Hall–Kier alpha value is -2.89. The Bertz CT molecular complexity index is 761. The Kier molecular flexibility index (Phi) is 4.46. The Labute approximate surface area is 139 Å². The Morgan fingerprint density at radius 1 is 1.25 bits per heavy atom. The first kappa shape index (κ1) is 16.0. The summed E-state index contributed by atoms with van der Waals surface area (Å²) in [5.74, 6) is -0.114. The molecule has 0 aliphatic carbocycles. The molecule has 1 atom stereocenters. The monoisotopic (exact) mass is 328 g/mol. The van der Waals surface area contributed by atoms with Gasteiger partial charge in [-0.25, -0.2) is 4.39 Å². The van der Waals surface area contributed by atoms with Gasteiger partial charge in [-0.1, -0.05) is 6.07 Å². The van der Waals surface area contributed by atoms with E-state index in [1.807, 2.05) is 0 Å². The number of hydrogen-bond acceptors (Lipinski definition) is 3. The number of nitrogens with one attached hydrogen (secondary N) is 1. The average molecular weight is 328 g/mol. The maximum atomic E-state index is 13.0. The standard InChI is InChI=1S/C18H17FN2O3/c1-24-16-4-2-3-12(9-16)18(23)20-14-10-17(22)21(11-14)15-7-5-13(19)6-8-15/h2-9,14H,10-11H2,1H3,(H,20,23)/t14-/m1/s1. The quantitative estimate of drug-likeness (QED) is 0.937. The van der Waals surface area contributed by atoms with Gasteiger partial charge in [0.15, 0.2) is 0 Å². The summed E-state index contributed by atoms with van der Waals surface area (Å²) in [7, 11) is 1.53. The molecule has 1 aliphatic heterocycles. The molecule has 6 heteroatoms. The molecular formula is C18H17FN2O3. The molecular weight excluding hydrogens is 311 g/mol. The van der Waals surface area contributed by atoms with Crippen molar-refractivity contribution in [3.63, 3.8) is 0 Å². The van der Waals surface area contributed by atoms with Gasteiger partial charge in [0.25, 0.3) is 5.91 Å². The van der Waals surface area contributed by atoms with Crippen molar-refractivity contribution in [2.75, 3.05) is 18.6 Å². The van der Waals surface area contributed by atoms with Crippen molar-refractivity contribution in [1.82, 2.24) is 5.32 Å². The summed E-state index contributed by atoms with van der Waals surface area (Å²) in [5, 5.41) is 2.86. The van der Waals surface area contributed by atoms with E-state index >= 15 is 0 Å². The largest absolute Gasteiger partial charge is 0.497 e. The zero-order valence-electron chi connectivity index (χ0n) is 13.2. The summed E-state index contributed by atoms with van der Waals surface area (Å²) in [6.07, 6.45) is 0.215. The van der Waals surface area contributed by atoms with Crippen LogP contribution in [0.2, 0.25) is 0 Å². The second-order valence-corrected chi connectivity index (χ2v) is 5.59. The van der Waals surface area contributed by atoms with E-state index in [0.29, 0.717) is 23.5 Å². The highest BCUT2D eigenvalue weighted by molar-refractivity contribution is 5.99. The molecule has 1 heterocycles. The average Bonchev–Trinajstić information content (AvgIpc) is 2.96. The fourth-order valence-corrected chi connectivity index (χ4v) is 2.71. The first-order chi connectivity index (χ1) is 11.6. The van der Waals surface area contributed by atoms with E-state index in [9.17, 15) is 14.0 Å². The fraction of sp³-hybridized carbons (Fsp3) is 0.222. The molecule has 0 spiro atoms. The van der Waals surface area contributed by atoms with E-state index in [1.54, 1.807) is 41.3 Å². The molecule has 2 amide bonds. The molecule has 0 radical (unpaired) electrons. The van der Waals surface area contributed by atoms with Gasteiger partial charge in [-0.3, -0.25) is 9.59 Å². The van der Waals surface area contributed by atoms with Crippen molar-refractivity contribution in [3.05, 3.63) is 59.9 Å².